The Bertz CT molecular complexity index is 337. The third kappa shape index (κ3) is 3.69. The molecular formula is C13H19ClO2. The van der Waals surface area contributed by atoms with E-state index in [1.54, 1.807) is 7.11 Å². The molecule has 2 nitrogen and oxygen atoms in total. The number of benzene rings is 1. The Morgan fingerprint density at radius 1 is 1.25 bits per heavy atom. The number of hydrogen-bond acceptors (Lipinski definition) is 2. The van der Waals surface area contributed by atoms with Crippen molar-refractivity contribution >= 4 is 11.6 Å². The number of aliphatic hydroxyl groups is 1. The standard InChI is InChI=1S/C13H19ClO2/c1-10-8-13(16-2)12(14)9-11(10)6-4-3-5-7-15/h8-9,15H,3-7H2,1-2H3. The van der Waals surface area contributed by atoms with Crippen molar-refractivity contribution in [2.24, 2.45) is 0 Å². The van der Waals surface area contributed by atoms with Gasteiger partial charge in [-0.15, -0.1) is 0 Å². The quantitative estimate of drug-likeness (QED) is 0.776. The summed E-state index contributed by atoms with van der Waals surface area (Å²) in [6, 6.07) is 3.96. The number of ether oxygens (including phenoxy) is 1. The Balaban J connectivity index is 2.63. The van der Waals surface area contributed by atoms with Gasteiger partial charge in [0.2, 0.25) is 0 Å². The van der Waals surface area contributed by atoms with E-state index in [0.29, 0.717) is 5.02 Å². The summed E-state index contributed by atoms with van der Waals surface area (Å²) in [6.07, 6.45) is 4.03. The van der Waals surface area contributed by atoms with Gasteiger partial charge in [0.25, 0.3) is 0 Å². The normalized spacial score (nSPS) is 10.5. The molecule has 0 heterocycles. The zero-order valence-corrected chi connectivity index (χ0v) is 10.7. The molecule has 1 aromatic rings. The molecule has 0 saturated carbocycles. The van der Waals surface area contributed by atoms with Crippen molar-refractivity contribution in [2.45, 2.75) is 32.6 Å². The predicted octanol–water partition coefficient (Wildman–Crippen LogP) is 3.36. The second kappa shape index (κ2) is 6.77. The third-order valence-corrected chi connectivity index (χ3v) is 3.01. The molecule has 16 heavy (non-hydrogen) atoms. The van der Waals surface area contributed by atoms with Crippen molar-refractivity contribution in [2.75, 3.05) is 13.7 Å². The molecule has 0 unspecified atom stereocenters. The molecule has 1 N–H and O–H groups in total. The van der Waals surface area contributed by atoms with Crippen LogP contribution in [0.4, 0.5) is 0 Å². The lowest BCUT2D eigenvalue weighted by Gasteiger charge is -2.10. The highest BCUT2D eigenvalue weighted by atomic mass is 35.5. The number of aliphatic hydroxyl groups excluding tert-OH is 1. The van der Waals surface area contributed by atoms with Crippen LogP contribution in [0, 0.1) is 6.92 Å². The van der Waals surface area contributed by atoms with Crippen molar-refractivity contribution in [1.82, 2.24) is 0 Å². The second-order valence-corrected chi connectivity index (χ2v) is 4.35. The van der Waals surface area contributed by atoms with Crippen molar-refractivity contribution in [3.8, 4) is 5.75 Å². The Labute approximate surface area is 102 Å². The topological polar surface area (TPSA) is 29.5 Å². The molecule has 0 radical (unpaired) electrons. The van der Waals surface area contributed by atoms with Gasteiger partial charge >= 0.3 is 0 Å². The fourth-order valence-electron chi connectivity index (χ4n) is 1.73. The number of methoxy groups -OCH3 is 1. The van der Waals surface area contributed by atoms with Crippen LogP contribution in [0.5, 0.6) is 5.75 Å². The first-order chi connectivity index (χ1) is 7.69. The Hall–Kier alpha value is -0.730. The summed E-state index contributed by atoms with van der Waals surface area (Å²) in [6.45, 7) is 2.35. The highest BCUT2D eigenvalue weighted by molar-refractivity contribution is 6.32. The summed E-state index contributed by atoms with van der Waals surface area (Å²) in [4.78, 5) is 0. The summed E-state index contributed by atoms with van der Waals surface area (Å²) in [5.41, 5.74) is 2.48. The van der Waals surface area contributed by atoms with Crippen LogP contribution in [-0.2, 0) is 6.42 Å². The number of rotatable bonds is 6. The molecule has 1 rings (SSSR count). The minimum Gasteiger partial charge on any atom is -0.495 e. The molecular weight excluding hydrogens is 224 g/mol. The van der Waals surface area contributed by atoms with Gasteiger partial charge < -0.3 is 9.84 Å². The zero-order valence-electron chi connectivity index (χ0n) is 9.92. The van der Waals surface area contributed by atoms with Gasteiger partial charge in [-0.1, -0.05) is 18.0 Å². The van der Waals surface area contributed by atoms with E-state index in [-0.39, 0.29) is 6.61 Å². The SMILES string of the molecule is COc1cc(C)c(CCCCCO)cc1Cl. The molecule has 0 bridgehead atoms. The van der Waals surface area contributed by atoms with Crippen LogP contribution >= 0.6 is 11.6 Å². The lowest BCUT2D eigenvalue weighted by molar-refractivity contribution is 0.283. The van der Waals surface area contributed by atoms with Crippen LogP contribution in [-0.4, -0.2) is 18.8 Å². The summed E-state index contributed by atoms with van der Waals surface area (Å²) >= 11 is 6.08. The molecule has 0 aliphatic heterocycles. The van der Waals surface area contributed by atoms with E-state index < -0.39 is 0 Å². The average molecular weight is 243 g/mol. The molecule has 0 aliphatic carbocycles. The molecule has 0 aliphatic rings. The summed E-state index contributed by atoms with van der Waals surface area (Å²) in [5.74, 6) is 0.735. The number of halogens is 1. The third-order valence-electron chi connectivity index (χ3n) is 2.71. The highest BCUT2D eigenvalue weighted by Crippen LogP contribution is 2.28. The summed E-state index contributed by atoms with van der Waals surface area (Å²) in [5, 5.41) is 9.36. The van der Waals surface area contributed by atoms with Gasteiger partial charge in [0, 0.05) is 6.61 Å². The van der Waals surface area contributed by atoms with E-state index in [1.807, 2.05) is 12.1 Å². The monoisotopic (exact) mass is 242 g/mol. The average Bonchev–Trinajstić information content (AvgIpc) is 2.28. The Morgan fingerprint density at radius 2 is 2.00 bits per heavy atom. The van der Waals surface area contributed by atoms with Crippen LogP contribution in [0.1, 0.15) is 30.4 Å². The second-order valence-electron chi connectivity index (χ2n) is 3.95. The highest BCUT2D eigenvalue weighted by Gasteiger charge is 2.05. The van der Waals surface area contributed by atoms with Crippen molar-refractivity contribution in [3.63, 3.8) is 0 Å². The lowest BCUT2D eigenvalue weighted by Crippen LogP contribution is -1.94. The molecule has 3 heteroatoms. The number of aryl methyl sites for hydroxylation is 2. The largest absolute Gasteiger partial charge is 0.495 e. The minimum atomic E-state index is 0.280. The molecule has 0 atom stereocenters. The molecule has 0 fully saturated rings. The summed E-state index contributed by atoms with van der Waals surface area (Å²) < 4.78 is 5.16. The van der Waals surface area contributed by atoms with Crippen molar-refractivity contribution in [1.29, 1.82) is 0 Å². The van der Waals surface area contributed by atoms with Crippen molar-refractivity contribution < 1.29 is 9.84 Å². The van der Waals surface area contributed by atoms with Crippen LogP contribution < -0.4 is 4.74 Å². The van der Waals surface area contributed by atoms with Gasteiger partial charge in [0.15, 0.2) is 0 Å². The van der Waals surface area contributed by atoms with E-state index in [4.69, 9.17) is 21.4 Å². The maximum atomic E-state index is 8.69. The molecule has 90 valence electrons. The first-order valence-corrected chi connectivity index (χ1v) is 6.00. The van der Waals surface area contributed by atoms with Gasteiger partial charge in [-0.25, -0.2) is 0 Å². The number of unbranched alkanes of at least 4 members (excludes halogenated alkanes) is 2. The van der Waals surface area contributed by atoms with Crippen molar-refractivity contribution in [3.05, 3.63) is 28.3 Å². The van der Waals surface area contributed by atoms with E-state index in [2.05, 4.69) is 6.92 Å². The maximum absolute atomic E-state index is 8.69. The molecule has 0 saturated heterocycles. The van der Waals surface area contributed by atoms with E-state index in [0.717, 1.165) is 31.4 Å². The maximum Gasteiger partial charge on any atom is 0.137 e. The Morgan fingerprint density at radius 3 is 2.62 bits per heavy atom. The summed E-state index contributed by atoms with van der Waals surface area (Å²) in [7, 11) is 1.63. The van der Waals surface area contributed by atoms with Crippen LogP contribution in [0.15, 0.2) is 12.1 Å². The van der Waals surface area contributed by atoms with Crippen LogP contribution in [0.3, 0.4) is 0 Å². The van der Waals surface area contributed by atoms with Crippen LogP contribution in [0.25, 0.3) is 0 Å². The zero-order chi connectivity index (χ0) is 12.0. The number of hydrogen-bond donors (Lipinski definition) is 1. The fraction of sp³-hybridized carbons (Fsp3) is 0.538. The molecule has 0 amide bonds. The van der Waals surface area contributed by atoms with E-state index in [1.165, 1.54) is 11.1 Å². The molecule has 0 spiro atoms. The first kappa shape index (κ1) is 13.3. The smallest absolute Gasteiger partial charge is 0.137 e. The van der Waals surface area contributed by atoms with Gasteiger partial charge in [0.05, 0.1) is 12.1 Å². The fourth-order valence-corrected chi connectivity index (χ4v) is 1.99. The van der Waals surface area contributed by atoms with Gasteiger partial charge in [-0.05, 0) is 49.4 Å². The first-order valence-electron chi connectivity index (χ1n) is 5.63. The lowest BCUT2D eigenvalue weighted by atomic mass is 10.0. The molecule has 0 aromatic heterocycles. The van der Waals surface area contributed by atoms with Gasteiger partial charge in [0.1, 0.15) is 5.75 Å². The van der Waals surface area contributed by atoms with Crippen LogP contribution in [0.2, 0.25) is 5.02 Å². The van der Waals surface area contributed by atoms with Gasteiger partial charge in [-0.2, -0.15) is 0 Å². The van der Waals surface area contributed by atoms with Gasteiger partial charge in [-0.3, -0.25) is 0 Å². The minimum absolute atomic E-state index is 0.280. The van der Waals surface area contributed by atoms with E-state index >= 15 is 0 Å². The Kier molecular flexibility index (Phi) is 5.64. The predicted molar refractivity (Wildman–Crippen MR) is 67.4 cm³/mol. The molecule has 1 aromatic carbocycles. The van der Waals surface area contributed by atoms with E-state index in [9.17, 15) is 0 Å².